The zero-order valence-electron chi connectivity index (χ0n) is 9.81. The molecule has 0 saturated carbocycles. The first kappa shape index (κ1) is 11.6. The molecule has 0 radical (unpaired) electrons. The molecule has 1 fully saturated rings. The summed E-state index contributed by atoms with van der Waals surface area (Å²) < 4.78 is 5.24. The predicted octanol–water partition coefficient (Wildman–Crippen LogP) is 1.04. The fraction of sp³-hybridized carbons (Fsp3) is 0.385. The van der Waals surface area contributed by atoms with Crippen LogP contribution >= 0.6 is 0 Å². The third-order valence-electron chi connectivity index (χ3n) is 2.91. The SMILES string of the molecule is COc1ccccc1CCN1CC(=O)CC1=O. The maximum absolute atomic E-state index is 11.4. The van der Waals surface area contributed by atoms with Gasteiger partial charge in [-0.2, -0.15) is 0 Å². The minimum atomic E-state index is -0.0649. The van der Waals surface area contributed by atoms with Crippen molar-refractivity contribution in [2.45, 2.75) is 12.8 Å². The van der Waals surface area contributed by atoms with E-state index < -0.39 is 0 Å². The van der Waals surface area contributed by atoms with E-state index in [1.54, 1.807) is 12.0 Å². The van der Waals surface area contributed by atoms with Gasteiger partial charge < -0.3 is 9.64 Å². The Balaban J connectivity index is 1.98. The number of hydrogen-bond acceptors (Lipinski definition) is 3. The summed E-state index contributed by atoms with van der Waals surface area (Å²) in [5.41, 5.74) is 1.06. The van der Waals surface area contributed by atoms with Gasteiger partial charge >= 0.3 is 0 Å². The Kier molecular flexibility index (Phi) is 3.42. The van der Waals surface area contributed by atoms with Crippen molar-refractivity contribution in [3.05, 3.63) is 29.8 Å². The number of rotatable bonds is 4. The highest BCUT2D eigenvalue weighted by atomic mass is 16.5. The fourth-order valence-electron chi connectivity index (χ4n) is 2.01. The van der Waals surface area contributed by atoms with Crippen LogP contribution in [0.25, 0.3) is 0 Å². The van der Waals surface area contributed by atoms with Crippen LogP contribution in [-0.4, -0.2) is 36.8 Å². The van der Waals surface area contributed by atoms with Crippen LogP contribution in [0.4, 0.5) is 0 Å². The number of likely N-dealkylation sites (tertiary alicyclic amines) is 1. The highest BCUT2D eigenvalue weighted by Crippen LogP contribution is 2.18. The van der Waals surface area contributed by atoms with E-state index in [1.807, 2.05) is 24.3 Å². The van der Waals surface area contributed by atoms with Gasteiger partial charge in [-0.15, -0.1) is 0 Å². The number of ketones is 1. The Hall–Kier alpha value is -1.84. The van der Waals surface area contributed by atoms with E-state index in [2.05, 4.69) is 0 Å². The second kappa shape index (κ2) is 4.99. The topological polar surface area (TPSA) is 46.6 Å². The second-order valence-corrected chi connectivity index (χ2v) is 4.09. The lowest BCUT2D eigenvalue weighted by Crippen LogP contribution is -2.27. The number of ether oxygens (including phenoxy) is 1. The Morgan fingerprint density at radius 2 is 2.06 bits per heavy atom. The summed E-state index contributed by atoms with van der Waals surface area (Å²) in [5, 5.41) is 0. The van der Waals surface area contributed by atoms with Gasteiger partial charge in [0.1, 0.15) is 5.75 Å². The Bertz CT molecular complexity index is 442. The fourth-order valence-corrected chi connectivity index (χ4v) is 2.01. The van der Waals surface area contributed by atoms with Crippen LogP contribution in [0.1, 0.15) is 12.0 Å². The summed E-state index contributed by atoms with van der Waals surface area (Å²) in [6.07, 6.45) is 0.773. The largest absolute Gasteiger partial charge is 0.496 e. The molecule has 1 heterocycles. The molecule has 0 atom stereocenters. The quantitative estimate of drug-likeness (QED) is 0.730. The smallest absolute Gasteiger partial charge is 0.230 e. The molecule has 4 nitrogen and oxygen atoms in total. The van der Waals surface area contributed by atoms with Crippen LogP contribution in [0.3, 0.4) is 0 Å². The lowest BCUT2D eigenvalue weighted by atomic mass is 10.1. The molecule has 0 N–H and O–H groups in total. The number of para-hydroxylation sites is 1. The molecule has 1 aromatic rings. The van der Waals surface area contributed by atoms with Crippen LogP contribution in [0.5, 0.6) is 5.75 Å². The molecule has 0 bridgehead atoms. The van der Waals surface area contributed by atoms with Gasteiger partial charge in [0, 0.05) is 6.54 Å². The molecule has 4 heteroatoms. The van der Waals surface area contributed by atoms with Crippen molar-refractivity contribution >= 4 is 11.7 Å². The van der Waals surface area contributed by atoms with E-state index >= 15 is 0 Å². The summed E-state index contributed by atoms with van der Waals surface area (Å²) >= 11 is 0. The number of nitrogens with zero attached hydrogens (tertiary/aromatic N) is 1. The summed E-state index contributed by atoms with van der Waals surface area (Å²) in [5.74, 6) is 0.769. The normalized spacial score (nSPS) is 15.5. The molecule has 0 unspecified atom stereocenters. The first-order chi connectivity index (χ1) is 8.20. The lowest BCUT2D eigenvalue weighted by molar-refractivity contribution is -0.127. The molecule has 0 aliphatic carbocycles. The molecular formula is C13H15NO3. The molecule has 1 saturated heterocycles. The maximum Gasteiger partial charge on any atom is 0.230 e. The first-order valence-corrected chi connectivity index (χ1v) is 5.62. The Morgan fingerprint density at radius 1 is 1.29 bits per heavy atom. The molecule has 1 aliphatic rings. The Labute approximate surface area is 100 Å². The van der Waals surface area contributed by atoms with Gasteiger partial charge in [0.15, 0.2) is 5.78 Å². The van der Waals surface area contributed by atoms with Crippen molar-refractivity contribution in [2.24, 2.45) is 0 Å². The number of carbonyl (C=O) groups is 2. The van der Waals surface area contributed by atoms with Gasteiger partial charge in [-0.25, -0.2) is 0 Å². The van der Waals surface area contributed by atoms with E-state index in [0.717, 1.165) is 11.3 Å². The molecule has 0 aromatic heterocycles. The molecule has 1 aromatic carbocycles. The average molecular weight is 233 g/mol. The minimum Gasteiger partial charge on any atom is -0.496 e. The highest BCUT2D eigenvalue weighted by molar-refractivity contribution is 6.05. The number of Topliss-reactive ketones (excluding diaryl/α,β-unsaturated/α-hetero) is 1. The molecule has 17 heavy (non-hydrogen) atoms. The zero-order chi connectivity index (χ0) is 12.3. The van der Waals surface area contributed by atoms with Gasteiger partial charge in [0.25, 0.3) is 0 Å². The average Bonchev–Trinajstić information content (AvgIpc) is 2.65. The van der Waals surface area contributed by atoms with Crippen LogP contribution in [0.15, 0.2) is 24.3 Å². The van der Waals surface area contributed by atoms with E-state index in [4.69, 9.17) is 4.74 Å². The standard InChI is InChI=1S/C13H15NO3/c1-17-12-5-3-2-4-10(12)6-7-14-9-11(15)8-13(14)16/h2-5H,6-9H2,1H3. The van der Waals surface area contributed by atoms with Crippen molar-refractivity contribution < 1.29 is 14.3 Å². The second-order valence-electron chi connectivity index (χ2n) is 4.09. The van der Waals surface area contributed by atoms with Gasteiger partial charge in [-0.05, 0) is 18.1 Å². The zero-order valence-corrected chi connectivity index (χ0v) is 9.81. The molecule has 1 aliphatic heterocycles. The van der Waals surface area contributed by atoms with E-state index in [0.29, 0.717) is 13.0 Å². The minimum absolute atomic E-state index is 0.00928. The van der Waals surface area contributed by atoms with Crippen molar-refractivity contribution in [3.8, 4) is 5.75 Å². The number of benzene rings is 1. The number of amides is 1. The van der Waals surface area contributed by atoms with Crippen LogP contribution in [-0.2, 0) is 16.0 Å². The van der Waals surface area contributed by atoms with Gasteiger partial charge in [-0.3, -0.25) is 9.59 Å². The van der Waals surface area contributed by atoms with Crippen LogP contribution < -0.4 is 4.74 Å². The number of methoxy groups -OCH3 is 1. The summed E-state index contributed by atoms with van der Waals surface area (Å²) in [4.78, 5) is 24.2. The van der Waals surface area contributed by atoms with Crippen LogP contribution in [0.2, 0.25) is 0 Å². The first-order valence-electron chi connectivity index (χ1n) is 5.62. The summed E-state index contributed by atoms with van der Waals surface area (Å²) in [6, 6.07) is 7.72. The summed E-state index contributed by atoms with van der Waals surface area (Å²) in [7, 11) is 1.63. The molecule has 90 valence electrons. The van der Waals surface area contributed by atoms with Crippen molar-refractivity contribution in [3.63, 3.8) is 0 Å². The molecular weight excluding hydrogens is 218 g/mol. The number of hydrogen-bond donors (Lipinski definition) is 0. The highest BCUT2D eigenvalue weighted by Gasteiger charge is 2.26. The van der Waals surface area contributed by atoms with E-state index in [9.17, 15) is 9.59 Å². The van der Waals surface area contributed by atoms with Crippen molar-refractivity contribution in [2.75, 3.05) is 20.2 Å². The Morgan fingerprint density at radius 3 is 2.71 bits per heavy atom. The third-order valence-corrected chi connectivity index (χ3v) is 2.91. The third kappa shape index (κ3) is 2.64. The van der Waals surface area contributed by atoms with Crippen molar-refractivity contribution in [1.29, 1.82) is 0 Å². The van der Waals surface area contributed by atoms with Gasteiger partial charge in [-0.1, -0.05) is 18.2 Å². The van der Waals surface area contributed by atoms with E-state index in [1.165, 1.54) is 0 Å². The monoisotopic (exact) mass is 233 g/mol. The lowest BCUT2D eigenvalue weighted by Gasteiger charge is -2.15. The molecule has 0 spiro atoms. The number of carbonyl (C=O) groups excluding carboxylic acids is 2. The molecule has 1 amide bonds. The molecule has 2 rings (SSSR count). The van der Waals surface area contributed by atoms with E-state index in [-0.39, 0.29) is 24.7 Å². The van der Waals surface area contributed by atoms with Gasteiger partial charge in [0.2, 0.25) is 5.91 Å². The van der Waals surface area contributed by atoms with Crippen molar-refractivity contribution in [1.82, 2.24) is 4.90 Å². The summed E-state index contributed by atoms with van der Waals surface area (Å²) in [6.45, 7) is 0.832. The van der Waals surface area contributed by atoms with Crippen LogP contribution in [0, 0.1) is 0 Å². The predicted molar refractivity (Wildman–Crippen MR) is 62.9 cm³/mol. The maximum atomic E-state index is 11.4. The van der Waals surface area contributed by atoms with Gasteiger partial charge in [0.05, 0.1) is 20.1 Å².